The van der Waals surface area contributed by atoms with E-state index in [2.05, 4.69) is 4.72 Å². The van der Waals surface area contributed by atoms with Crippen molar-refractivity contribution in [3.05, 3.63) is 23.3 Å². The lowest BCUT2D eigenvalue weighted by Gasteiger charge is -2.56. The van der Waals surface area contributed by atoms with Crippen LogP contribution >= 0.6 is 0 Å². The topological polar surface area (TPSA) is 55.4 Å². The first-order chi connectivity index (χ1) is 11.8. The summed E-state index contributed by atoms with van der Waals surface area (Å²) < 4.78 is 34.2. The molecule has 0 aromatic heterocycles. The van der Waals surface area contributed by atoms with Gasteiger partial charge in [-0.1, -0.05) is 0 Å². The zero-order valence-corrected chi connectivity index (χ0v) is 16.3. The number of methoxy groups -OCH3 is 1. The highest BCUT2D eigenvalue weighted by atomic mass is 32.2. The molecule has 0 amide bonds. The summed E-state index contributed by atoms with van der Waals surface area (Å²) in [6.07, 6.45) is 7.76. The Bertz CT molecular complexity index is 749. The molecule has 4 aliphatic carbocycles. The summed E-state index contributed by atoms with van der Waals surface area (Å²) in [7, 11) is -1.88. The fourth-order valence-electron chi connectivity index (χ4n) is 6.11. The maximum Gasteiger partial charge on any atom is 0.240 e. The number of benzene rings is 1. The average molecular weight is 364 g/mol. The van der Waals surface area contributed by atoms with Crippen molar-refractivity contribution in [2.45, 2.75) is 57.3 Å². The van der Waals surface area contributed by atoms with Crippen molar-refractivity contribution in [3.63, 3.8) is 0 Å². The van der Waals surface area contributed by atoms with E-state index < -0.39 is 10.0 Å². The summed E-state index contributed by atoms with van der Waals surface area (Å²) >= 11 is 0. The standard InChI is InChI=1S/C20H29NO3S/c1-13-5-19(14(2)4-18(13)24-3)25(22,23)21-12-20-9-15-6-16(10-20)8-17(7-15)11-20/h4-5,15-17,21H,6-12H2,1-3H3. The lowest BCUT2D eigenvalue weighted by molar-refractivity contribution is -0.0487. The Morgan fingerprint density at radius 2 is 1.60 bits per heavy atom. The van der Waals surface area contributed by atoms with Crippen molar-refractivity contribution in [2.75, 3.05) is 13.7 Å². The van der Waals surface area contributed by atoms with Gasteiger partial charge in [-0.25, -0.2) is 13.1 Å². The molecule has 4 bridgehead atoms. The summed E-state index contributed by atoms with van der Waals surface area (Å²) in [5.74, 6) is 3.24. The second-order valence-corrected chi connectivity index (χ2v) is 10.6. The molecule has 138 valence electrons. The molecule has 0 aliphatic heterocycles. The zero-order chi connectivity index (χ0) is 17.8. The van der Waals surface area contributed by atoms with Gasteiger partial charge in [0.05, 0.1) is 12.0 Å². The normalized spacial score (nSPS) is 33.6. The monoisotopic (exact) mass is 363 g/mol. The van der Waals surface area contributed by atoms with Gasteiger partial charge in [-0.2, -0.15) is 0 Å². The number of rotatable bonds is 5. The molecule has 0 atom stereocenters. The van der Waals surface area contributed by atoms with E-state index in [1.165, 1.54) is 38.5 Å². The van der Waals surface area contributed by atoms with Gasteiger partial charge in [-0.15, -0.1) is 0 Å². The van der Waals surface area contributed by atoms with Crippen LogP contribution in [0, 0.1) is 37.0 Å². The first-order valence-electron chi connectivity index (χ1n) is 9.45. The van der Waals surface area contributed by atoms with E-state index in [0.29, 0.717) is 11.4 Å². The Hall–Kier alpha value is -1.07. The molecule has 4 saturated carbocycles. The summed E-state index contributed by atoms with van der Waals surface area (Å²) in [6, 6.07) is 3.55. The van der Waals surface area contributed by atoms with Gasteiger partial charge in [0.25, 0.3) is 0 Å². The predicted octanol–water partition coefficient (Wildman–Crippen LogP) is 3.81. The molecule has 5 heteroatoms. The third-order valence-corrected chi connectivity index (χ3v) is 8.33. The van der Waals surface area contributed by atoms with E-state index in [0.717, 1.165) is 34.6 Å². The number of aryl methyl sites for hydroxylation is 2. The maximum absolute atomic E-state index is 12.9. The van der Waals surface area contributed by atoms with Crippen LogP contribution in [0.1, 0.15) is 49.7 Å². The van der Waals surface area contributed by atoms with Crippen LogP contribution in [0.15, 0.2) is 17.0 Å². The second kappa shape index (κ2) is 5.98. The maximum atomic E-state index is 12.9. The molecule has 0 spiro atoms. The van der Waals surface area contributed by atoms with Crippen molar-refractivity contribution >= 4 is 10.0 Å². The Morgan fingerprint density at radius 3 is 2.12 bits per heavy atom. The molecule has 0 radical (unpaired) electrons. The van der Waals surface area contributed by atoms with Crippen LogP contribution in [0.4, 0.5) is 0 Å². The lowest BCUT2D eigenvalue weighted by Crippen LogP contribution is -2.51. The Labute approximate surface area is 151 Å². The van der Waals surface area contributed by atoms with E-state index in [9.17, 15) is 8.42 Å². The van der Waals surface area contributed by atoms with Gasteiger partial charge < -0.3 is 4.74 Å². The largest absolute Gasteiger partial charge is 0.496 e. The first kappa shape index (κ1) is 17.3. The minimum Gasteiger partial charge on any atom is -0.496 e. The van der Waals surface area contributed by atoms with Crippen LogP contribution in [0.2, 0.25) is 0 Å². The SMILES string of the molecule is COc1cc(C)c(S(=O)(=O)NCC23CC4CC(CC(C4)C2)C3)cc1C. The van der Waals surface area contributed by atoms with Gasteiger partial charge in [0.2, 0.25) is 10.0 Å². The quantitative estimate of drug-likeness (QED) is 0.865. The Morgan fingerprint density at radius 1 is 1.04 bits per heavy atom. The van der Waals surface area contributed by atoms with E-state index in [4.69, 9.17) is 4.74 Å². The fourth-order valence-corrected chi connectivity index (χ4v) is 7.57. The van der Waals surface area contributed by atoms with Gasteiger partial charge in [-0.3, -0.25) is 0 Å². The molecule has 1 aromatic carbocycles. The van der Waals surface area contributed by atoms with E-state index in [-0.39, 0.29) is 5.41 Å². The summed E-state index contributed by atoms with van der Waals surface area (Å²) in [6.45, 7) is 4.32. The van der Waals surface area contributed by atoms with E-state index in [1.807, 2.05) is 19.9 Å². The number of nitrogens with one attached hydrogen (secondary N) is 1. The molecule has 0 heterocycles. The highest BCUT2D eigenvalue weighted by molar-refractivity contribution is 7.89. The van der Waals surface area contributed by atoms with Gasteiger partial charge in [0, 0.05) is 6.54 Å². The van der Waals surface area contributed by atoms with Crippen molar-refractivity contribution in [1.29, 1.82) is 0 Å². The minimum atomic E-state index is -3.49. The van der Waals surface area contributed by atoms with Crippen LogP contribution in [0.3, 0.4) is 0 Å². The number of hydrogen-bond donors (Lipinski definition) is 1. The zero-order valence-electron chi connectivity index (χ0n) is 15.5. The van der Waals surface area contributed by atoms with Crippen LogP contribution in [-0.4, -0.2) is 22.1 Å². The van der Waals surface area contributed by atoms with E-state index >= 15 is 0 Å². The smallest absolute Gasteiger partial charge is 0.240 e. The molecule has 4 nitrogen and oxygen atoms in total. The second-order valence-electron chi connectivity index (χ2n) is 8.83. The van der Waals surface area contributed by atoms with Crippen LogP contribution in [-0.2, 0) is 10.0 Å². The predicted molar refractivity (Wildman–Crippen MR) is 98.3 cm³/mol. The van der Waals surface area contributed by atoms with E-state index in [1.54, 1.807) is 13.2 Å². The van der Waals surface area contributed by atoms with Gasteiger partial charge in [-0.05, 0) is 98.8 Å². The lowest BCUT2D eigenvalue weighted by atomic mass is 9.50. The summed E-state index contributed by atoms with van der Waals surface area (Å²) in [5, 5.41) is 0. The molecule has 4 fully saturated rings. The number of hydrogen-bond acceptors (Lipinski definition) is 3. The summed E-state index contributed by atoms with van der Waals surface area (Å²) in [5.41, 5.74) is 1.79. The van der Waals surface area contributed by atoms with Crippen molar-refractivity contribution in [3.8, 4) is 5.75 Å². The van der Waals surface area contributed by atoms with Gasteiger partial charge >= 0.3 is 0 Å². The molecular weight excluding hydrogens is 334 g/mol. The fraction of sp³-hybridized carbons (Fsp3) is 0.700. The number of ether oxygens (including phenoxy) is 1. The van der Waals surface area contributed by atoms with Gasteiger partial charge in [0.1, 0.15) is 5.75 Å². The highest BCUT2D eigenvalue weighted by Crippen LogP contribution is 2.59. The molecule has 0 unspecified atom stereocenters. The van der Waals surface area contributed by atoms with Crippen molar-refractivity contribution < 1.29 is 13.2 Å². The Kier molecular flexibility index (Phi) is 4.15. The van der Waals surface area contributed by atoms with Crippen LogP contribution < -0.4 is 9.46 Å². The molecule has 0 saturated heterocycles. The Balaban J connectivity index is 1.54. The molecule has 4 aliphatic rings. The van der Waals surface area contributed by atoms with Crippen LogP contribution in [0.5, 0.6) is 5.75 Å². The molecule has 25 heavy (non-hydrogen) atoms. The highest BCUT2D eigenvalue weighted by Gasteiger charge is 2.50. The third-order valence-electron chi connectivity index (χ3n) is 6.78. The minimum absolute atomic E-state index is 0.206. The first-order valence-corrected chi connectivity index (χ1v) is 10.9. The van der Waals surface area contributed by atoms with Crippen molar-refractivity contribution in [1.82, 2.24) is 4.72 Å². The molecular formula is C20H29NO3S. The molecule has 5 rings (SSSR count). The molecule has 1 N–H and O–H groups in total. The van der Waals surface area contributed by atoms with Crippen LogP contribution in [0.25, 0.3) is 0 Å². The third kappa shape index (κ3) is 3.10. The number of sulfonamides is 1. The van der Waals surface area contributed by atoms with Gasteiger partial charge in [0.15, 0.2) is 0 Å². The molecule has 1 aromatic rings. The summed E-state index contributed by atoms with van der Waals surface area (Å²) in [4.78, 5) is 0.385. The average Bonchev–Trinajstić information content (AvgIpc) is 2.53. The van der Waals surface area contributed by atoms with Crippen molar-refractivity contribution in [2.24, 2.45) is 23.2 Å².